The Balaban J connectivity index is 1.83. The Labute approximate surface area is 138 Å². The quantitative estimate of drug-likeness (QED) is 0.714. The number of amides is 1. The van der Waals surface area contributed by atoms with E-state index in [9.17, 15) is 13.6 Å². The Hall–Kier alpha value is -2.08. The van der Waals surface area contributed by atoms with E-state index in [1.54, 1.807) is 24.1 Å². The molecule has 0 N–H and O–H groups in total. The summed E-state index contributed by atoms with van der Waals surface area (Å²) >= 11 is 1.48. The molecule has 122 valence electrons. The van der Waals surface area contributed by atoms with Gasteiger partial charge < -0.3 is 9.64 Å². The zero-order valence-corrected chi connectivity index (χ0v) is 13.4. The van der Waals surface area contributed by atoms with Gasteiger partial charge in [0, 0.05) is 18.5 Å². The second-order valence-corrected chi connectivity index (χ2v) is 5.92. The third-order valence-corrected chi connectivity index (χ3v) is 4.10. The first-order valence-electron chi connectivity index (χ1n) is 7.00. The number of carbonyl (C=O) groups is 1. The molecule has 0 atom stereocenters. The number of rotatable bonds is 7. The third-order valence-electron chi connectivity index (χ3n) is 3.10. The van der Waals surface area contributed by atoms with Crippen molar-refractivity contribution in [3.8, 4) is 5.75 Å². The summed E-state index contributed by atoms with van der Waals surface area (Å²) in [5, 5.41) is 0. The van der Waals surface area contributed by atoms with Gasteiger partial charge in [0.05, 0.1) is 5.75 Å². The number of alkyl halides is 2. The minimum absolute atomic E-state index is 0.00626. The summed E-state index contributed by atoms with van der Waals surface area (Å²) in [5.41, 5.74) is 0.854. The van der Waals surface area contributed by atoms with Gasteiger partial charge in [-0.05, 0) is 29.8 Å². The second kappa shape index (κ2) is 8.53. The fourth-order valence-electron chi connectivity index (χ4n) is 1.91. The summed E-state index contributed by atoms with van der Waals surface area (Å²) in [6, 6.07) is 16.0. The van der Waals surface area contributed by atoms with Gasteiger partial charge in [-0.25, -0.2) is 0 Å². The molecule has 0 radical (unpaired) electrons. The van der Waals surface area contributed by atoms with Gasteiger partial charge in [-0.3, -0.25) is 4.79 Å². The number of nitrogens with zero attached hydrogens (tertiary/aromatic N) is 1. The monoisotopic (exact) mass is 337 g/mol. The highest BCUT2D eigenvalue weighted by Gasteiger charge is 2.10. The molecule has 0 aliphatic carbocycles. The fraction of sp³-hybridized carbons (Fsp3) is 0.235. The molecule has 0 unspecified atom stereocenters. The van der Waals surface area contributed by atoms with Gasteiger partial charge in [0.25, 0.3) is 0 Å². The molecule has 2 aromatic carbocycles. The van der Waals surface area contributed by atoms with Crippen LogP contribution in [0.5, 0.6) is 5.75 Å². The van der Waals surface area contributed by atoms with Crippen molar-refractivity contribution < 1.29 is 18.3 Å². The maximum absolute atomic E-state index is 12.1. The van der Waals surface area contributed by atoms with Crippen LogP contribution in [0.15, 0.2) is 59.5 Å². The Morgan fingerprint density at radius 2 is 1.78 bits per heavy atom. The molecule has 2 rings (SSSR count). The van der Waals surface area contributed by atoms with Crippen LogP contribution in [0.25, 0.3) is 0 Å². The van der Waals surface area contributed by atoms with Crippen LogP contribution in [0, 0.1) is 0 Å². The second-order valence-electron chi connectivity index (χ2n) is 4.87. The highest BCUT2D eigenvalue weighted by atomic mass is 32.2. The molecule has 0 aliphatic rings. The van der Waals surface area contributed by atoms with Crippen molar-refractivity contribution in [1.29, 1.82) is 0 Å². The largest absolute Gasteiger partial charge is 0.435 e. The average Bonchev–Trinajstić information content (AvgIpc) is 2.55. The van der Waals surface area contributed by atoms with Crippen molar-refractivity contribution in [2.24, 2.45) is 0 Å². The summed E-state index contributed by atoms with van der Waals surface area (Å²) < 4.78 is 28.5. The van der Waals surface area contributed by atoms with Gasteiger partial charge >= 0.3 is 6.61 Å². The van der Waals surface area contributed by atoms with Crippen molar-refractivity contribution in [1.82, 2.24) is 4.90 Å². The summed E-state index contributed by atoms with van der Waals surface area (Å²) in [6.45, 7) is -2.41. The van der Waals surface area contributed by atoms with Crippen molar-refractivity contribution in [3.63, 3.8) is 0 Å². The predicted octanol–water partition coefficient (Wildman–Crippen LogP) is 4.04. The van der Waals surface area contributed by atoms with Gasteiger partial charge in [-0.1, -0.05) is 30.3 Å². The van der Waals surface area contributed by atoms with E-state index < -0.39 is 6.61 Å². The molecule has 0 spiro atoms. The number of benzene rings is 2. The molecule has 0 saturated carbocycles. The maximum atomic E-state index is 12.1. The molecular weight excluding hydrogens is 320 g/mol. The van der Waals surface area contributed by atoms with Crippen molar-refractivity contribution >= 4 is 17.7 Å². The van der Waals surface area contributed by atoms with Crippen molar-refractivity contribution in [3.05, 3.63) is 60.2 Å². The van der Waals surface area contributed by atoms with Crippen LogP contribution >= 0.6 is 11.8 Å². The highest BCUT2D eigenvalue weighted by Crippen LogP contribution is 2.19. The van der Waals surface area contributed by atoms with Crippen LogP contribution in [0.3, 0.4) is 0 Å². The molecule has 0 saturated heterocycles. The maximum Gasteiger partial charge on any atom is 0.387 e. The number of halogens is 2. The predicted molar refractivity (Wildman–Crippen MR) is 86.7 cm³/mol. The normalized spacial score (nSPS) is 10.6. The highest BCUT2D eigenvalue weighted by molar-refractivity contribution is 8.00. The minimum Gasteiger partial charge on any atom is -0.435 e. The van der Waals surface area contributed by atoms with E-state index in [4.69, 9.17) is 0 Å². The molecule has 3 nitrogen and oxygen atoms in total. The zero-order chi connectivity index (χ0) is 16.7. The first-order chi connectivity index (χ1) is 11.0. The van der Waals surface area contributed by atoms with Crippen LogP contribution in [0.4, 0.5) is 8.78 Å². The van der Waals surface area contributed by atoms with Crippen LogP contribution in [0.2, 0.25) is 0 Å². The third kappa shape index (κ3) is 5.90. The smallest absolute Gasteiger partial charge is 0.387 e. The number of hydrogen-bond acceptors (Lipinski definition) is 3. The fourth-order valence-corrected chi connectivity index (χ4v) is 2.77. The first kappa shape index (κ1) is 17.3. The SMILES string of the molecule is CN(Cc1ccc(OC(F)F)cc1)C(=O)CSc1ccccc1. The molecule has 0 aromatic heterocycles. The average molecular weight is 337 g/mol. The van der Waals surface area contributed by atoms with E-state index in [1.807, 2.05) is 30.3 Å². The Morgan fingerprint density at radius 1 is 1.13 bits per heavy atom. The number of carbonyl (C=O) groups excluding carboxylic acids is 1. The molecule has 0 aliphatic heterocycles. The van der Waals surface area contributed by atoms with Crippen molar-refractivity contribution in [2.45, 2.75) is 18.1 Å². The molecule has 0 bridgehead atoms. The number of ether oxygens (including phenoxy) is 1. The topological polar surface area (TPSA) is 29.5 Å². The molecule has 1 amide bonds. The minimum atomic E-state index is -2.83. The van der Waals surface area contributed by atoms with Crippen LogP contribution in [-0.2, 0) is 11.3 Å². The number of thioether (sulfide) groups is 1. The van der Waals surface area contributed by atoms with E-state index in [-0.39, 0.29) is 11.7 Å². The van der Waals surface area contributed by atoms with E-state index in [0.29, 0.717) is 12.3 Å². The summed E-state index contributed by atoms with van der Waals surface area (Å²) in [4.78, 5) is 14.8. The standard InChI is InChI=1S/C17H17F2NO2S/c1-20(16(21)12-23-15-5-3-2-4-6-15)11-13-7-9-14(10-8-13)22-17(18)19/h2-10,17H,11-12H2,1H3. The Morgan fingerprint density at radius 3 is 2.39 bits per heavy atom. The first-order valence-corrected chi connectivity index (χ1v) is 7.98. The lowest BCUT2D eigenvalue weighted by Crippen LogP contribution is -2.27. The van der Waals surface area contributed by atoms with Crippen LogP contribution in [-0.4, -0.2) is 30.2 Å². The Kier molecular flexibility index (Phi) is 6.40. The molecular formula is C17H17F2NO2S. The van der Waals surface area contributed by atoms with Crippen LogP contribution < -0.4 is 4.74 Å². The molecule has 0 heterocycles. The van der Waals surface area contributed by atoms with Crippen LogP contribution in [0.1, 0.15) is 5.56 Å². The van der Waals surface area contributed by atoms with Gasteiger partial charge in [0.15, 0.2) is 0 Å². The lowest BCUT2D eigenvalue weighted by Gasteiger charge is -2.17. The van der Waals surface area contributed by atoms with E-state index in [1.165, 1.54) is 23.9 Å². The Bertz CT molecular complexity index is 620. The van der Waals surface area contributed by atoms with Crippen molar-refractivity contribution in [2.75, 3.05) is 12.8 Å². The molecule has 23 heavy (non-hydrogen) atoms. The van der Waals surface area contributed by atoms with Gasteiger partial charge in [-0.15, -0.1) is 11.8 Å². The number of hydrogen-bond donors (Lipinski definition) is 0. The van der Waals surface area contributed by atoms with E-state index >= 15 is 0 Å². The lowest BCUT2D eigenvalue weighted by atomic mass is 10.2. The zero-order valence-electron chi connectivity index (χ0n) is 12.6. The molecule has 2 aromatic rings. The van der Waals surface area contributed by atoms with Gasteiger partial charge in [-0.2, -0.15) is 8.78 Å². The van der Waals surface area contributed by atoms with Gasteiger partial charge in [0.1, 0.15) is 5.75 Å². The van der Waals surface area contributed by atoms with Gasteiger partial charge in [0.2, 0.25) is 5.91 Å². The summed E-state index contributed by atoms with van der Waals surface area (Å²) in [7, 11) is 1.72. The summed E-state index contributed by atoms with van der Waals surface area (Å²) in [6.07, 6.45) is 0. The van der Waals surface area contributed by atoms with E-state index in [0.717, 1.165) is 10.5 Å². The summed E-state index contributed by atoms with van der Waals surface area (Å²) in [5.74, 6) is 0.469. The molecule has 6 heteroatoms. The molecule has 0 fully saturated rings. The lowest BCUT2D eigenvalue weighted by molar-refractivity contribution is -0.127. The van der Waals surface area contributed by atoms with E-state index in [2.05, 4.69) is 4.74 Å².